The topological polar surface area (TPSA) is 26.3 Å². The summed E-state index contributed by atoms with van der Waals surface area (Å²) in [4.78, 5) is 10.8. The quantitative estimate of drug-likeness (QED) is 0.345. The minimum Gasteiger partial charge on any atom is -0.463 e. The lowest BCUT2D eigenvalue weighted by Gasteiger charge is -1.95. The van der Waals surface area contributed by atoms with Crippen molar-refractivity contribution in [3.8, 4) is 0 Å². The van der Waals surface area contributed by atoms with Gasteiger partial charge in [0.2, 0.25) is 0 Å². The number of allylic oxidation sites excluding steroid dienone is 1. The second-order valence-corrected chi connectivity index (χ2v) is 3.00. The Morgan fingerprint density at radius 1 is 1.23 bits per heavy atom. The molecule has 0 rings (SSSR count). The Morgan fingerprint density at radius 3 is 2.62 bits per heavy atom. The lowest BCUT2D eigenvalue weighted by atomic mass is 10.1. The number of ether oxygens (including phenoxy) is 1. The van der Waals surface area contributed by atoms with Gasteiger partial charge in [-0.15, -0.1) is 0 Å². The lowest BCUT2D eigenvalue weighted by molar-refractivity contribution is -0.137. The van der Waals surface area contributed by atoms with Gasteiger partial charge in [0, 0.05) is 6.08 Å². The highest BCUT2D eigenvalue weighted by molar-refractivity contribution is 5.81. The van der Waals surface area contributed by atoms with Gasteiger partial charge in [-0.25, -0.2) is 4.79 Å². The molecule has 0 saturated heterocycles. The standard InChI is InChI=1S/C11H20O2/c1-3-5-6-7-8-9-10-11(12)13-4-2/h9-10H,3-8H2,1-2H3/b10-9+. The summed E-state index contributed by atoms with van der Waals surface area (Å²) in [6.07, 6.45) is 9.37. The fourth-order valence-corrected chi connectivity index (χ4v) is 1.06. The predicted octanol–water partition coefficient (Wildman–Crippen LogP) is 3.08. The number of hydrogen-bond acceptors (Lipinski definition) is 2. The van der Waals surface area contributed by atoms with E-state index in [1.165, 1.54) is 31.8 Å². The zero-order valence-electron chi connectivity index (χ0n) is 8.71. The van der Waals surface area contributed by atoms with Crippen LogP contribution in [0.15, 0.2) is 12.2 Å². The van der Waals surface area contributed by atoms with Crippen molar-refractivity contribution >= 4 is 5.97 Å². The molecule has 2 nitrogen and oxygen atoms in total. The molecule has 13 heavy (non-hydrogen) atoms. The van der Waals surface area contributed by atoms with E-state index < -0.39 is 0 Å². The normalized spacial score (nSPS) is 10.6. The van der Waals surface area contributed by atoms with Gasteiger partial charge in [-0.1, -0.05) is 32.3 Å². The smallest absolute Gasteiger partial charge is 0.330 e. The van der Waals surface area contributed by atoms with Crippen LogP contribution in [0.1, 0.15) is 46.0 Å². The van der Waals surface area contributed by atoms with Crippen LogP contribution in [0.25, 0.3) is 0 Å². The van der Waals surface area contributed by atoms with Crippen LogP contribution in [0.2, 0.25) is 0 Å². The van der Waals surface area contributed by atoms with Crippen molar-refractivity contribution < 1.29 is 9.53 Å². The fraction of sp³-hybridized carbons (Fsp3) is 0.727. The van der Waals surface area contributed by atoms with Crippen molar-refractivity contribution in [2.75, 3.05) is 6.61 Å². The van der Waals surface area contributed by atoms with Crippen LogP contribution in [-0.4, -0.2) is 12.6 Å². The number of unbranched alkanes of at least 4 members (excludes halogenated alkanes) is 4. The van der Waals surface area contributed by atoms with Crippen LogP contribution in [0.3, 0.4) is 0 Å². The number of carbonyl (C=O) groups excluding carboxylic acids is 1. The molecule has 0 aromatic heterocycles. The van der Waals surface area contributed by atoms with Crippen molar-refractivity contribution in [2.24, 2.45) is 0 Å². The number of esters is 1. The van der Waals surface area contributed by atoms with E-state index in [0.717, 1.165) is 6.42 Å². The molecule has 0 aliphatic heterocycles. The first-order valence-corrected chi connectivity index (χ1v) is 5.14. The molecule has 0 saturated carbocycles. The first-order valence-electron chi connectivity index (χ1n) is 5.14. The highest BCUT2D eigenvalue weighted by Gasteiger charge is 1.91. The summed E-state index contributed by atoms with van der Waals surface area (Å²) in [5, 5.41) is 0. The Bertz CT molecular complexity index is 150. The van der Waals surface area contributed by atoms with Gasteiger partial charge in [0.05, 0.1) is 6.61 Å². The molecule has 0 radical (unpaired) electrons. The van der Waals surface area contributed by atoms with Crippen molar-refractivity contribution in [3.63, 3.8) is 0 Å². The van der Waals surface area contributed by atoms with E-state index in [1.807, 2.05) is 13.0 Å². The highest BCUT2D eigenvalue weighted by Crippen LogP contribution is 2.02. The molecule has 0 bridgehead atoms. The molecule has 0 fully saturated rings. The molecule has 2 heteroatoms. The molecule has 0 amide bonds. The third-order valence-electron chi connectivity index (χ3n) is 1.76. The maximum atomic E-state index is 10.8. The Kier molecular flexibility index (Phi) is 8.73. The SMILES string of the molecule is CCCCCC/C=C/C(=O)OCC. The van der Waals surface area contributed by atoms with Gasteiger partial charge >= 0.3 is 5.97 Å². The Hall–Kier alpha value is -0.790. The van der Waals surface area contributed by atoms with Crippen molar-refractivity contribution in [1.82, 2.24) is 0 Å². The Balaban J connectivity index is 3.25. The fourth-order valence-electron chi connectivity index (χ4n) is 1.06. The van der Waals surface area contributed by atoms with Crippen LogP contribution in [-0.2, 0) is 9.53 Å². The van der Waals surface area contributed by atoms with Crippen molar-refractivity contribution in [2.45, 2.75) is 46.0 Å². The van der Waals surface area contributed by atoms with Gasteiger partial charge in [0.1, 0.15) is 0 Å². The zero-order chi connectivity index (χ0) is 9.94. The molecule has 76 valence electrons. The average molecular weight is 184 g/mol. The molecule has 0 unspecified atom stereocenters. The minimum atomic E-state index is -0.224. The molecule has 0 heterocycles. The van der Waals surface area contributed by atoms with Gasteiger partial charge < -0.3 is 4.74 Å². The molecular formula is C11H20O2. The minimum absolute atomic E-state index is 0.224. The second-order valence-electron chi connectivity index (χ2n) is 3.00. The molecular weight excluding hydrogens is 164 g/mol. The van der Waals surface area contributed by atoms with E-state index >= 15 is 0 Å². The molecule has 0 aliphatic carbocycles. The summed E-state index contributed by atoms with van der Waals surface area (Å²) in [7, 11) is 0. The summed E-state index contributed by atoms with van der Waals surface area (Å²) < 4.78 is 4.74. The molecule has 0 spiro atoms. The Labute approximate surface area is 81.0 Å². The van der Waals surface area contributed by atoms with E-state index in [4.69, 9.17) is 4.74 Å². The maximum absolute atomic E-state index is 10.8. The van der Waals surface area contributed by atoms with E-state index in [0.29, 0.717) is 6.61 Å². The lowest BCUT2D eigenvalue weighted by Crippen LogP contribution is -1.98. The predicted molar refractivity (Wildman–Crippen MR) is 54.5 cm³/mol. The summed E-state index contributed by atoms with van der Waals surface area (Å²) in [6, 6.07) is 0. The van der Waals surface area contributed by atoms with Gasteiger partial charge in [-0.3, -0.25) is 0 Å². The molecule has 0 atom stereocenters. The molecule has 0 aliphatic rings. The molecule has 0 aromatic carbocycles. The monoisotopic (exact) mass is 184 g/mol. The van der Waals surface area contributed by atoms with E-state index in [1.54, 1.807) is 0 Å². The largest absolute Gasteiger partial charge is 0.463 e. The summed E-state index contributed by atoms with van der Waals surface area (Å²) in [5.74, 6) is -0.224. The summed E-state index contributed by atoms with van der Waals surface area (Å²) >= 11 is 0. The summed E-state index contributed by atoms with van der Waals surface area (Å²) in [6.45, 7) is 4.46. The van der Waals surface area contributed by atoms with Crippen molar-refractivity contribution in [3.05, 3.63) is 12.2 Å². The third-order valence-corrected chi connectivity index (χ3v) is 1.76. The van der Waals surface area contributed by atoms with E-state index in [2.05, 4.69) is 6.92 Å². The van der Waals surface area contributed by atoms with Crippen LogP contribution in [0.4, 0.5) is 0 Å². The van der Waals surface area contributed by atoms with Gasteiger partial charge in [0.15, 0.2) is 0 Å². The van der Waals surface area contributed by atoms with E-state index in [9.17, 15) is 4.79 Å². The second kappa shape index (κ2) is 9.30. The Morgan fingerprint density at radius 2 is 2.00 bits per heavy atom. The van der Waals surface area contributed by atoms with Gasteiger partial charge in [-0.2, -0.15) is 0 Å². The van der Waals surface area contributed by atoms with Crippen LogP contribution in [0.5, 0.6) is 0 Å². The van der Waals surface area contributed by atoms with E-state index in [-0.39, 0.29) is 5.97 Å². The van der Waals surface area contributed by atoms with Crippen molar-refractivity contribution in [1.29, 1.82) is 0 Å². The van der Waals surface area contributed by atoms with Crippen LogP contribution < -0.4 is 0 Å². The van der Waals surface area contributed by atoms with Gasteiger partial charge in [-0.05, 0) is 19.8 Å². The highest BCUT2D eigenvalue weighted by atomic mass is 16.5. The number of carbonyl (C=O) groups is 1. The van der Waals surface area contributed by atoms with Gasteiger partial charge in [0.25, 0.3) is 0 Å². The first kappa shape index (κ1) is 12.2. The summed E-state index contributed by atoms with van der Waals surface area (Å²) in [5.41, 5.74) is 0. The van der Waals surface area contributed by atoms with Crippen LogP contribution in [0, 0.1) is 0 Å². The number of rotatable bonds is 7. The molecule has 0 N–H and O–H groups in total. The average Bonchev–Trinajstić information content (AvgIpc) is 2.11. The molecule has 0 aromatic rings. The van der Waals surface area contributed by atoms with Crippen LogP contribution >= 0.6 is 0 Å². The zero-order valence-corrected chi connectivity index (χ0v) is 8.71. The number of hydrogen-bond donors (Lipinski definition) is 0. The maximum Gasteiger partial charge on any atom is 0.330 e. The first-order chi connectivity index (χ1) is 6.31. The third kappa shape index (κ3) is 9.12.